The van der Waals surface area contributed by atoms with Gasteiger partial charge < -0.3 is 10.1 Å². The number of nitrogens with zero attached hydrogens (tertiary/aromatic N) is 3. The third kappa shape index (κ3) is 4.53. The Hall–Kier alpha value is -3.43. The highest BCUT2D eigenvalue weighted by Crippen LogP contribution is 2.27. The highest BCUT2D eigenvalue weighted by molar-refractivity contribution is 5.84. The van der Waals surface area contributed by atoms with Crippen LogP contribution in [0.1, 0.15) is 12.8 Å². The number of alkyl halides is 3. The minimum absolute atomic E-state index is 0.169. The molecule has 0 radical (unpaired) electrons. The van der Waals surface area contributed by atoms with Crippen molar-refractivity contribution in [3.63, 3.8) is 0 Å². The minimum Gasteiger partial charge on any atom is -0.406 e. The number of fused-ring (bicyclic) bond motifs is 1. The molecule has 1 aromatic heterocycles. The lowest BCUT2D eigenvalue weighted by Crippen LogP contribution is -2.35. The highest BCUT2D eigenvalue weighted by Gasteiger charge is 2.31. The first-order valence-corrected chi connectivity index (χ1v) is 8.82. The summed E-state index contributed by atoms with van der Waals surface area (Å²) in [5.74, 6) is -0.642. The van der Waals surface area contributed by atoms with Gasteiger partial charge in [-0.3, -0.25) is 9.59 Å². The second-order valence-corrected chi connectivity index (χ2v) is 6.70. The van der Waals surface area contributed by atoms with Crippen LogP contribution < -0.4 is 15.6 Å². The number of halogens is 3. The van der Waals surface area contributed by atoms with Gasteiger partial charge in [-0.2, -0.15) is 0 Å². The first-order chi connectivity index (χ1) is 13.8. The molecule has 2 aromatic carbocycles. The molecule has 1 aliphatic carbocycles. The molecular weight excluding hydrogens is 389 g/mol. The number of carbonyl (C=O) groups is 1. The fraction of sp³-hybridized carbons (Fsp3) is 0.263. The van der Waals surface area contributed by atoms with Crippen LogP contribution in [-0.2, 0) is 11.3 Å². The molecule has 0 saturated heterocycles. The first kappa shape index (κ1) is 18.9. The molecule has 3 aromatic rings. The van der Waals surface area contributed by atoms with E-state index in [1.54, 1.807) is 18.2 Å². The largest absolute Gasteiger partial charge is 0.573 e. The van der Waals surface area contributed by atoms with E-state index in [1.807, 2.05) is 0 Å². The lowest BCUT2D eigenvalue weighted by molar-refractivity contribution is -0.274. The monoisotopic (exact) mass is 404 g/mol. The molecule has 0 spiro atoms. The Morgan fingerprint density at radius 1 is 1.14 bits per heavy atom. The zero-order chi connectivity index (χ0) is 20.6. The molecule has 150 valence electrons. The van der Waals surface area contributed by atoms with Crippen LogP contribution in [0.15, 0.2) is 47.3 Å². The number of amides is 1. The Kier molecular flexibility index (Phi) is 4.69. The van der Waals surface area contributed by atoms with Crippen LogP contribution in [-0.4, -0.2) is 33.3 Å². The van der Waals surface area contributed by atoms with Crippen LogP contribution in [0.2, 0.25) is 0 Å². The van der Waals surface area contributed by atoms with Gasteiger partial charge in [0.05, 0.1) is 5.39 Å². The fourth-order valence-electron chi connectivity index (χ4n) is 2.85. The predicted octanol–water partition coefficient (Wildman–Crippen LogP) is 2.64. The SMILES string of the molecule is O=C(Cn1nnc2ccc(-c3ccc(OC(F)(F)F)cc3)cc2c1=O)NC1CC1. The summed E-state index contributed by atoms with van der Waals surface area (Å²) >= 11 is 0. The summed E-state index contributed by atoms with van der Waals surface area (Å²) in [6.45, 7) is -0.230. The van der Waals surface area contributed by atoms with E-state index in [4.69, 9.17) is 0 Å². The number of hydrogen-bond donors (Lipinski definition) is 1. The second-order valence-electron chi connectivity index (χ2n) is 6.70. The lowest BCUT2D eigenvalue weighted by atomic mass is 10.0. The van der Waals surface area contributed by atoms with Crippen LogP contribution in [0.4, 0.5) is 13.2 Å². The standard InChI is InChI=1S/C19H15F3N4O3/c20-19(21,22)29-14-6-1-11(2-7-14)12-3-8-16-15(9-12)18(28)26(25-24-16)10-17(27)23-13-4-5-13/h1-3,6-9,13H,4-5,10H2,(H,23,27). The number of nitrogens with one attached hydrogen (secondary N) is 1. The molecule has 0 bridgehead atoms. The van der Waals surface area contributed by atoms with Crippen molar-refractivity contribution < 1.29 is 22.7 Å². The van der Waals surface area contributed by atoms with Crippen molar-refractivity contribution in [3.8, 4) is 16.9 Å². The van der Waals surface area contributed by atoms with Gasteiger partial charge in [-0.05, 0) is 48.2 Å². The third-order valence-electron chi connectivity index (χ3n) is 4.38. The maximum absolute atomic E-state index is 12.7. The summed E-state index contributed by atoms with van der Waals surface area (Å²) in [6.07, 6.45) is -2.90. The summed E-state index contributed by atoms with van der Waals surface area (Å²) in [5, 5.41) is 10.8. The molecule has 1 aliphatic rings. The molecule has 10 heteroatoms. The van der Waals surface area contributed by atoms with Gasteiger partial charge in [0.25, 0.3) is 5.56 Å². The molecule has 0 atom stereocenters. The van der Waals surface area contributed by atoms with Crippen LogP contribution in [0, 0.1) is 0 Å². The summed E-state index contributed by atoms with van der Waals surface area (Å²) in [4.78, 5) is 24.6. The average Bonchev–Trinajstić information content (AvgIpc) is 3.47. The predicted molar refractivity (Wildman–Crippen MR) is 97.1 cm³/mol. The zero-order valence-electron chi connectivity index (χ0n) is 14.9. The summed E-state index contributed by atoms with van der Waals surface area (Å²) in [5.41, 5.74) is 1.08. The van der Waals surface area contributed by atoms with E-state index in [2.05, 4.69) is 20.4 Å². The zero-order valence-corrected chi connectivity index (χ0v) is 14.9. The van der Waals surface area contributed by atoms with E-state index in [0.29, 0.717) is 16.6 Å². The minimum atomic E-state index is -4.76. The fourth-order valence-corrected chi connectivity index (χ4v) is 2.85. The number of rotatable bonds is 5. The molecule has 0 unspecified atom stereocenters. The molecule has 7 nitrogen and oxygen atoms in total. The van der Waals surface area contributed by atoms with Crippen LogP contribution in [0.25, 0.3) is 22.0 Å². The molecule has 29 heavy (non-hydrogen) atoms. The van der Waals surface area contributed by atoms with Gasteiger partial charge in [0.1, 0.15) is 17.8 Å². The van der Waals surface area contributed by atoms with Gasteiger partial charge in [0.2, 0.25) is 5.91 Å². The van der Waals surface area contributed by atoms with E-state index >= 15 is 0 Å². The van der Waals surface area contributed by atoms with Crippen molar-refractivity contribution in [1.29, 1.82) is 0 Å². The van der Waals surface area contributed by atoms with Gasteiger partial charge in [-0.1, -0.05) is 23.4 Å². The molecule has 1 amide bonds. The first-order valence-electron chi connectivity index (χ1n) is 8.82. The quantitative estimate of drug-likeness (QED) is 0.707. The number of ether oxygens (including phenoxy) is 1. The maximum Gasteiger partial charge on any atom is 0.573 e. The normalized spacial score (nSPS) is 14.0. The van der Waals surface area contributed by atoms with Crippen molar-refractivity contribution in [2.45, 2.75) is 31.8 Å². The lowest BCUT2D eigenvalue weighted by Gasteiger charge is -2.10. The smallest absolute Gasteiger partial charge is 0.406 e. The number of carbonyl (C=O) groups excluding carboxylic acids is 1. The van der Waals surface area contributed by atoms with E-state index < -0.39 is 11.9 Å². The molecule has 0 aliphatic heterocycles. The van der Waals surface area contributed by atoms with Crippen LogP contribution in [0.5, 0.6) is 5.75 Å². The van der Waals surface area contributed by atoms with Crippen LogP contribution >= 0.6 is 0 Å². The summed E-state index contributed by atoms with van der Waals surface area (Å²) in [7, 11) is 0. The van der Waals surface area contributed by atoms with Crippen molar-refractivity contribution in [2.24, 2.45) is 0 Å². The summed E-state index contributed by atoms with van der Waals surface area (Å²) < 4.78 is 41.7. The van der Waals surface area contributed by atoms with E-state index in [-0.39, 0.29) is 29.6 Å². The van der Waals surface area contributed by atoms with Crippen molar-refractivity contribution in [3.05, 3.63) is 52.8 Å². The maximum atomic E-state index is 12.7. The van der Waals surface area contributed by atoms with Gasteiger partial charge in [-0.25, -0.2) is 4.68 Å². The number of hydrogen-bond acceptors (Lipinski definition) is 5. The number of benzene rings is 2. The average molecular weight is 404 g/mol. The molecule has 4 rings (SSSR count). The Balaban J connectivity index is 1.61. The Bertz CT molecular complexity index is 1120. The molecule has 1 N–H and O–H groups in total. The van der Waals surface area contributed by atoms with Gasteiger partial charge >= 0.3 is 6.36 Å². The Morgan fingerprint density at radius 2 is 1.83 bits per heavy atom. The van der Waals surface area contributed by atoms with Crippen molar-refractivity contribution >= 4 is 16.8 Å². The Morgan fingerprint density at radius 3 is 2.48 bits per heavy atom. The molecule has 1 heterocycles. The van der Waals surface area contributed by atoms with Crippen molar-refractivity contribution in [1.82, 2.24) is 20.3 Å². The van der Waals surface area contributed by atoms with Gasteiger partial charge in [0.15, 0.2) is 0 Å². The highest BCUT2D eigenvalue weighted by atomic mass is 19.4. The van der Waals surface area contributed by atoms with E-state index in [9.17, 15) is 22.8 Å². The van der Waals surface area contributed by atoms with Crippen LogP contribution in [0.3, 0.4) is 0 Å². The molecule has 1 saturated carbocycles. The van der Waals surface area contributed by atoms with Gasteiger partial charge in [0, 0.05) is 6.04 Å². The number of aromatic nitrogens is 3. The third-order valence-corrected chi connectivity index (χ3v) is 4.38. The Labute approximate surface area is 162 Å². The van der Waals surface area contributed by atoms with E-state index in [0.717, 1.165) is 17.5 Å². The topological polar surface area (TPSA) is 86.1 Å². The van der Waals surface area contributed by atoms with Crippen molar-refractivity contribution in [2.75, 3.05) is 0 Å². The van der Waals surface area contributed by atoms with Gasteiger partial charge in [-0.15, -0.1) is 18.3 Å². The molecule has 1 fully saturated rings. The second kappa shape index (κ2) is 7.19. The molecular formula is C19H15F3N4O3. The summed E-state index contributed by atoms with van der Waals surface area (Å²) in [6, 6.07) is 10.3. The van der Waals surface area contributed by atoms with E-state index in [1.165, 1.54) is 24.3 Å².